The lowest BCUT2D eigenvalue weighted by atomic mass is 10.0. The van der Waals surface area contributed by atoms with Crippen molar-refractivity contribution in [1.82, 2.24) is 9.47 Å². The van der Waals surface area contributed by atoms with Gasteiger partial charge in [-0.25, -0.2) is 0 Å². The number of fused-ring (bicyclic) bond motifs is 2. The average Bonchev–Trinajstić information content (AvgIpc) is 3.07. The highest BCUT2D eigenvalue weighted by atomic mass is 15.1. The van der Waals surface area contributed by atoms with Gasteiger partial charge in [0, 0.05) is 49.3 Å². The smallest absolute Gasteiger partial charge is 0.0486 e. The van der Waals surface area contributed by atoms with E-state index < -0.39 is 0 Å². The molecule has 0 aliphatic carbocycles. The number of aryl methyl sites for hydroxylation is 1. The van der Waals surface area contributed by atoms with Gasteiger partial charge in [0.25, 0.3) is 0 Å². The molecule has 0 bridgehead atoms. The van der Waals surface area contributed by atoms with Crippen LogP contribution in [0.3, 0.4) is 0 Å². The fourth-order valence-corrected chi connectivity index (χ4v) is 4.14. The second-order valence-electron chi connectivity index (χ2n) is 7.57. The molecule has 2 aromatic carbocycles. The molecule has 1 aromatic heterocycles. The van der Waals surface area contributed by atoms with Crippen molar-refractivity contribution < 1.29 is 0 Å². The van der Waals surface area contributed by atoms with Crippen LogP contribution in [0.5, 0.6) is 0 Å². The van der Waals surface area contributed by atoms with Gasteiger partial charge in [-0.1, -0.05) is 30.3 Å². The maximum atomic E-state index is 6.10. The molecule has 2 N–H and O–H groups in total. The minimum atomic E-state index is 0.187. The Balaban J connectivity index is 1.67. The third-order valence-electron chi connectivity index (χ3n) is 5.51. The van der Waals surface area contributed by atoms with E-state index in [9.17, 15) is 0 Å². The van der Waals surface area contributed by atoms with Gasteiger partial charge < -0.3 is 10.3 Å². The van der Waals surface area contributed by atoms with Gasteiger partial charge in [0.2, 0.25) is 0 Å². The van der Waals surface area contributed by atoms with Crippen molar-refractivity contribution in [3.8, 4) is 0 Å². The van der Waals surface area contributed by atoms with Gasteiger partial charge in [-0.15, -0.1) is 0 Å². The molecule has 3 aromatic rings. The highest BCUT2D eigenvalue weighted by Crippen LogP contribution is 2.33. The van der Waals surface area contributed by atoms with Gasteiger partial charge in [-0.2, -0.15) is 0 Å². The molecule has 130 valence electrons. The molecule has 0 amide bonds. The second-order valence-corrected chi connectivity index (χ2v) is 7.57. The molecule has 0 spiro atoms. The quantitative estimate of drug-likeness (QED) is 0.786. The zero-order valence-corrected chi connectivity index (χ0v) is 15.4. The maximum Gasteiger partial charge on any atom is 0.0486 e. The van der Waals surface area contributed by atoms with E-state index in [1.807, 2.05) is 0 Å². The Morgan fingerprint density at radius 2 is 1.76 bits per heavy atom. The van der Waals surface area contributed by atoms with Gasteiger partial charge in [0.15, 0.2) is 0 Å². The molecular formula is C22H27N3. The van der Waals surface area contributed by atoms with Crippen LogP contribution in [0.1, 0.15) is 34.9 Å². The molecule has 3 nitrogen and oxygen atoms in total. The van der Waals surface area contributed by atoms with E-state index in [1.165, 1.54) is 38.9 Å². The lowest BCUT2D eigenvalue weighted by molar-refractivity contribution is 0.275. The fraction of sp³-hybridized carbons (Fsp3) is 0.364. The van der Waals surface area contributed by atoms with E-state index in [-0.39, 0.29) is 6.04 Å². The average molecular weight is 333 g/mol. The molecule has 0 fully saturated rings. The van der Waals surface area contributed by atoms with E-state index >= 15 is 0 Å². The summed E-state index contributed by atoms with van der Waals surface area (Å²) in [4.78, 5) is 2.52. The predicted molar refractivity (Wildman–Crippen MR) is 104 cm³/mol. The molecule has 4 rings (SSSR count). The number of hydrogen-bond donors (Lipinski definition) is 1. The number of hydrogen-bond acceptors (Lipinski definition) is 2. The molecule has 1 atom stereocenters. The van der Waals surface area contributed by atoms with Crippen molar-refractivity contribution in [1.29, 1.82) is 0 Å². The molecule has 25 heavy (non-hydrogen) atoms. The summed E-state index contributed by atoms with van der Waals surface area (Å²) in [5, 5.41) is 1.39. The number of rotatable bonds is 4. The summed E-state index contributed by atoms with van der Waals surface area (Å²) < 4.78 is 2.33. The Morgan fingerprint density at radius 1 is 1.08 bits per heavy atom. The van der Waals surface area contributed by atoms with Crippen LogP contribution >= 0.6 is 0 Å². The summed E-state index contributed by atoms with van der Waals surface area (Å²) in [6.07, 6.45) is 0.940. The van der Waals surface area contributed by atoms with E-state index in [0.29, 0.717) is 0 Å². The van der Waals surface area contributed by atoms with Crippen molar-refractivity contribution in [3.05, 3.63) is 70.4 Å². The monoisotopic (exact) mass is 333 g/mol. The minimum Gasteiger partial charge on any atom is -0.348 e. The normalized spacial score (nSPS) is 15.7. The fourth-order valence-electron chi connectivity index (χ4n) is 4.14. The van der Waals surface area contributed by atoms with Crippen LogP contribution in [0.15, 0.2) is 42.5 Å². The minimum absolute atomic E-state index is 0.187. The predicted octanol–water partition coefficient (Wildman–Crippen LogP) is 3.89. The largest absolute Gasteiger partial charge is 0.348 e. The summed E-state index contributed by atoms with van der Waals surface area (Å²) in [6, 6.07) is 15.7. The molecule has 0 radical (unpaired) electrons. The molecular weight excluding hydrogens is 306 g/mol. The van der Waals surface area contributed by atoms with Crippen LogP contribution in [0.25, 0.3) is 10.9 Å². The van der Waals surface area contributed by atoms with E-state index in [1.54, 1.807) is 0 Å². The zero-order valence-electron chi connectivity index (χ0n) is 15.4. The third kappa shape index (κ3) is 2.99. The van der Waals surface area contributed by atoms with E-state index in [2.05, 4.69) is 72.8 Å². The molecule has 1 aliphatic heterocycles. The first-order valence-corrected chi connectivity index (χ1v) is 9.14. The SMILES string of the molecule is Cc1c(CC(C)N)c2cc3c(cc2n1C)CN(Cc1ccccc1)C3. The van der Waals surface area contributed by atoms with Crippen molar-refractivity contribution in [2.45, 2.75) is 45.9 Å². The van der Waals surface area contributed by atoms with Crippen molar-refractivity contribution in [2.24, 2.45) is 12.8 Å². The number of nitrogens with two attached hydrogens (primary N) is 1. The first-order chi connectivity index (χ1) is 12.0. The van der Waals surface area contributed by atoms with Crippen LogP contribution in [0.2, 0.25) is 0 Å². The number of benzene rings is 2. The second kappa shape index (κ2) is 6.32. The highest BCUT2D eigenvalue weighted by Gasteiger charge is 2.22. The summed E-state index contributed by atoms with van der Waals surface area (Å²) in [6.45, 7) is 7.38. The number of nitrogens with zero attached hydrogens (tertiary/aromatic N) is 2. The Bertz CT molecular complexity index is 906. The van der Waals surface area contributed by atoms with Crippen LogP contribution in [0.4, 0.5) is 0 Å². The lowest BCUT2D eigenvalue weighted by Crippen LogP contribution is -2.18. The summed E-state index contributed by atoms with van der Waals surface area (Å²) in [5.74, 6) is 0. The van der Waals surface area contributed by atoms with Gasteiger partial charge in [0.05, 0.1) is 0 Å². The Morgan fingerprint density at radius 3 is 2.44 bits per heavy atom. The van der Waals surface area contributed by atoms with Crippen LogP contribution in [0, 0.1) is 6.92 Å². The standard InChI is InChI=1S/C22H27N3/c1-15(23)9-20-16(2)24(3)22-11-19-14-25(13-18(19)10-21(20)22)12-17-7-5-4-6-8-17/h4-8,10-11,15H,9,12-14,23H2,1-3H3. The first-order valence-electron chi connectivity index (χ1n) is 9.14. The lowest BCUT2D eigenvalue weighted by Gasteiger charge is -2.14. The van der Waals surface area contributed by atoms with Gasteiger partial charge >= 0.3 is 0 Å². The van der Waals surface area contributed by atoms with Crippen molar-refractivity contribution in [3.63, 3.8) is 0 Å². The molecule has 1 unspecified atom stereocenters. The Labute approximate surface area is 150 Å². The summed E-state index contributed by atoms with van der Waals surface area (Å²) in [7, 11) is 2.17. The maximum absolute atomic E-state index is 6.10. The Hall–Kier alpha value is -2.10. The summed E-state index contributed by atoms with van der Waals surface area (Å²) >= 11 is 0. The molecule has 0 saturated heterocycles. The van der Waals surface area contributed by atoms with E-state index in [0.717, 1.165) is 26.1 Å². The highest BCUT2D eigenvalue weighted by molar-refractivity contribution is 5.87. The van der Waals surface area contributed by atoms with Crippen molar-refractivity contribution >= 4 is 10.9 Å². The topological polar surface area (TPSA) is 34.2 Å². The molecule has 1 aliphatic rings. The third-order valence-corrected chi connectivity index (χ3v) is 5.51. The molecule has 3 heteroatoms. The molecule has 0 saturated carbocycles. The van der Waals surface area contributed by atoms with Crippen LogP contribution < -0.4 is 5.73 Å². The van der Waals surface area contributed by atoms with Crippen molar-refractivity contribution in [2.75, 3.05) is 0 Å². The summed E-state index contributed by atoms with van der Waals surface area (Å²) in [5.41, 5.74) is 14.5. The molecule has 2 heterocycles. The van der Waals surface area contributed by atoms with Crippen LogP contribution in [-0.4, -0.2) is 15.5 Å². The Kier molecular flexibility index (Phi) is 4.14. The van der Waals surface area contributed by atoms with Crippen LogP contribution in [-0.2, 0) is 33.1 Å². The van der Waals surface area contributed by atoms with Gasteiger partial charge in [0.1, 0.15) is 0 Å². The van der Waals surface area contributed by atoms with Gasteiger partial charge in [-0.3, -0.25) is 4.90 Å². The number of aromatic nitrogens is 1. The van der Waals surface area contributed by atoms with Gasteiger partial charge in [-0.05, 0) is 54.7 Å². The first kappa shape index (κ1) is 16.4. The van der Waals surface area contributed by atoms with E-state index in [4.69, 9.17) is 5.73 Å². The zero-order chi connectivity index (χ0) is 17.6.